The van der Waals surface area contributed by atoms with Gasteiger partial charge in [0.25, 0.3) is 0 Å². The third kappa shape index (κ3) is 6.79. The fourth-order valence-electron chi connectivity index (χ4n) is 10.0. The van der Waals surface area contributed by atoms with Crippen LogP contribution < -0.4 is 9.80 Å². The number of hydrogen-bond acceptors (Lipinski definition) is 2. The number of benzene rings is 9. The number of para-hydroxylation sites is 5. The number of nitrogens with zero attached hydrogens (tertiary/aromatic N) is 4. The zero-order valence-corrected chi connectivity index (χ0v) is 36.2. The summed E-state index contributed by atoms with van der Waals surface area (Å²) in [5, 5.41) is 4.99. The van der Waals surface area contributed by atoms with E-state index in [-0.39, 0.29) is 0 Å². The van der Waals surface area contributed by atoms with Crippen LogP contribution in [0.15, 0.2) is 248 Å². The molecule has 0 N–H and O–H groups in total. The molecule has 2 aromatic heterocycles. The number of allylic oxidation sites excluding steroid dienone is 4. The minimum Gasteiger partial charge on any atom is -0.314 e. The number of fused-ring (bicyclic) bond motifs is 6. The van der Waals surface area contributed by atoms with Gasteiger partial charge in [0.2, 0.25) is 0 Å². The van der Waals surface area contributed by atoms with Crippen LogP contribution in [0.4, 0.5) is 28.4 Å². The third-order valence-electron chi connectivity index (χ3n) is 13.0. The summed E-state index contributed by atoms with van der Waals surface area (Å²) < 4.78 is 4.79. The van der Waals surface area contributed by atoms with E-state index in [0.717, 1.165) is 46.2 Å². The highest BCUT2D eigenvalue weighted by atomic mass is 15.2. The predicted molar refractivity (Wildman–Crippen MR) is 275 cm³/mol. The molecule has 310 valence electrons. The second-order valence-electron chi connectivity index (χ2n) is 17.1. The Morgan fingerprint density at radius 1 is 0.369 bits per heavy atom. The van der Waals surface area contributed by atoms with E-state index in [9.17, 15) is 0 Å². The molecule has 1 aliphatic rings. The molecular weight excluding hydrogens is 789 g/mol. The largest absolute Gasteiger partial charge is 0.314 e. The first-order valence-corrected chi connectivity index (χ1v) is 22.6. The van der Waals surface area contributed by atoms with Crippen molar-refractivity contribution in [3.63, 3.8) is 0 Å². The van der Waals surface area contributed by atoms with Gasteiger partial charge in [-0.1, -0.05) is 146 Å². The molecule has 0 radical (unpaired) electrons. The molecule has 0 aliphatic heterocycles. The molecule has 0 spiro atoms. The van der Waals surface area contributed by atoms with Crippen molar-refractivity contribution >= 4 is 72.0 Å². The fourth-order valence-corrected chi connectivity index (χ4v) is 10.0. The van der Waals surface area contributed by atoms with Crippen LogP contribution in [0.5, 0.6) is 0 Å². The molecule has 4 nitrogen and oxygen atoms in total. The summed E-state index contributed by atoms with van der Waals surface area (Å²) in [4.78, 5) is 4.81. The maximum atomic E-state index is 2.45. The molecule has 9 aromatic carbocycles. The summed E-state index contributed by atoms with van der Waals surface area (Å²) >= 11 is 0. The molecule has 65 heavy (non-hydrogen) atoms. The molecule has 0 fully saturated rings. The average Bonchev–Trinajstić information content (AvgIpc) is 3.88. The van der Waals surface area contributed by atoms with Gasteiger partial charge < -0.3 is 18.9 Å². The van der Waals surface area contributed by atoms with Gasteiger partial charge >= 0.3 is 0 Å². The first-order valence-electron chi connectivity index (χ1n) is 22.6. The van der Waals surface area contributed by atoms with E-state index in [1.807, 2.05) is 0 Å². The number of anilines is 5. The Kier molecular flexibility index (Phi) is 9.49. The Balaban J connectivity index is 0.915. The average molecular weight is 835 g/mol. The fraction of sp³-hybridized carbons (Fsp3) is 0.0492. The van der Waals surface area contributed by atoms with E-state index in [1.165, 1.54) is 60.4 Å². The van der Waals surface area contributed by atoms with Crippen molar-refractivity contribution in [1.82, 2.24) is 9.13 Å². The molecule has 0 saturated heterocycles. The van der Waals surface area contributed by atoms with Crippen LogP contribution in [0.1, 0.15) is 13.3 Å². The summed E-state index contributed by atoms with van der Waals surface area (Å²) in [7, 11) is 0. The maximum Gasteiger partial charge on any atom is 0.0561 e. The normalized spacial score (nSPS) is 13.7. The molecule has 0 amide bonds. The second-order valence-corrected chi connectivity index (χ2v) is 17.1. The van der Waals surface area contributed by atoms with Gasteiger partial charge in [-0.3, -0.25) is 0 Å². The van der Waals surface area contributed by atoms with Gasteiger partial charge in [-0.05, 0) is 127 Å². The van der Waals surface area contributed by atoms with Gasteiger partial charge in [0.15, 0.2) is 0 Å². The van der Waals surface area contributed by atoms with Crippen molar-refractivity contribution in [2.24, 2.45) is 5.92 Å². The van der Waals surface area contributed by atoms with Crippen LogP contribution in [0.2, 0.25) is 0 Å². The predicted octanol–water partition coefficient (Wildman–Crippen LogP) is 16.6. The van der Waals surface area contributed by atoms with Crippen LogP contribution in [-0.2, 0) is 0 Å². The van der Waals surface area contributed by atoms with Crippen molar-refractivity contribution < 1.29 is 0 Å². The highest BCUT2D eigenvalue weighted by Crippen LogP contribution is 2.42. The standard InChI is InChI=1S/C61H46N4/c1-43-16-15-23-51(40-43)63(53-37-39-57-55-25-12-14-27-59(55)65(61(57)42-53)48-21-9-4-10-22-48)50-34-30-45(31-35-50)44-28-32-49(33-29-44)62(46-17-5-2-6-18-46)52-36-38-56-54-24-11-13-26-58(54)64(60(56)41-52)47-19-7-3-8-20-47/h2-39,41-43H,40H2,1H3. The van der Waals surface area contributed by atoms with Crippen molar-refractivity contribution in [1.29, 1.82) is 0 Å². The highest BCUT2D eigenvalue weighted by Gasteiger charge is 2.22. The number of hydrogen-bond donors (Lipinski definition) is 0. The van der Waals surface area contributed by atoms with Crippen molar-refractivity contribution in [2.75, 3.05) is 9.80 Å². The first kappa shape index (κ1) is 38.3. The summed E-state index contributed by atoms with van der Waals surface area (Å²) in [5.41, 5.74) is 16.3. The molecular formula is C61H46N4. The van der Waals surface area contributed by atoms with Gasteiger partial charge in [-0.25, -0.2) is 0 Å². The van der Waals surface area contributed by atoms with E-state index in [4.69, 9.17) is 0 Å². The smallest absolute Gasteiger partial charge is 0.0561 e. The van der Waals surface area contributed by atoms with Crippen LogP contribution in [-0.4, -0.2) is 9.13 Å². The van der Waals surface area contributed by atoms with E-state index < -0.39 is 0 Å². The van der Waals surface area contributed by atoms with E-state index in [2.05, 4.69) is 269 Å². The quantitative estimate of drug-likeness (QED) is 0.144. The molecule has 0 bridgehead atoms. The summed E-state index contributed by atoms with van der Waals surface area (Å²) in [6.45, 7) is 2.30. The zero-order valence-electron chi connectivity index (χ0n) is 36.2. The highest BCUT2D eigenvalue weighted by molar-refractivity contribution is 6.11. The van der Waals surface area contributed by atoms with Gasteiger partial charge in [0, 0.05) is 67.1 Å². The molecule has 12 rings (SSSR count). The topological polar surface area (TPSA) is 16.3 Å². The first-order chi connectivity index (χ1) is 32.2. The third-order valence-corrected chi connectivity index (χ3v) is 13.0. The molecule has 11 aromatic rings. The molecule has 4 heteroatoms. The Bertz CT molecular complexity index is 3560. The lowest BCUT2D eigenvalue weighted by Crippen LogP contribution is -2.19. The van der Waals surface area contributed by atoms with Crippen molar-refractivity contribution in [3.05, 3.63) is 248 Å². The summed E-state index contributed by atoms with van der Waals surface area (Å²) in [6, 6.07) is 81.5. The summed E-state index contributed by atoms with van der Waals surface area (Å²) in [6.07, 6.45) is 7.75. The van der Waals surface area contributed by atoms with E-state index in [0.29, 0.717) is 5.92 Å². The lowest BCUT2D eigenvalue weighted by molar-refractivity contribution is 0.696. The van der Waals surface area contributed by atoms with Crippen molar-refractivity contribution in [2.45, 2.75) is 13.3 Å². The van der Waals surface area contributed by atoms with E-state index in [1.54, 1.807) is 0 Å². The van der Waals surface area contributed by atoms with Gasteiger partial charge in [0.05, 0.1) is 22.1 Å². The van der Waals surface area contributed by atoms with Crippen LogP contribution >= 0.6 is 0 Å². The number of rotatable bonds is 9. The second kappa shape index (κ2) is 16.1. The van der Waals surface area contributed by atoms with Crippen LogP contribution in [0, 0.1) is 5.92 Å². The molecule has 1 atom stereocenters. The summed E-state index contributed by atoms with van der Waals surface area (Å²) in [5.74, 6) is 0.446. The van der Waals surface area contributed by atoms with Crippen LogP contribution in [0.25, 0.3) is 66.1 Å². The molecule has 0 saturated carbocycles. The Morgan fingerprint density at radius 2 is 0.769 bits per heavy atom. The zero-order chi connectivity index (χ0) is 43.3. The van der Waals surface area contributed by atoms with Gasteiger partial charge in [-0.15, -0.1) is 0 Å². The Labute approximate surface area is 379 Å². The number of aromatic nitrogens is 2. The van der Waals surface area contributed by atoms with Crippen LogP contribution in [0.3, 0.4) is 0 Å². The van der Waals surface area contributed by atoms with Gasteiger partial charge in [0.1, 0.15) is 0 Å². The monoisotopic (exact) mass is 834 g/mol. The maximum absolute atomic E-state index is 2.45. The minimum absolute atomic E-state index is 0.446. The minimum atomic E-state index is 0.446. The molecule has 1 aliphatic carbocycles. The Hall–Kier alpha value is -8.34. The van der Waals surface area contributed by atoms with Crippen molar-refractivity contribution in [3.8, 4) is 22.5 Å². The molecule has 1 unspecified atom stereocenters. The lowest BCUT2D eigenvalue weighted by Gasteiger charge is -2.30. The lowest BCUT2D eigenvalue weighted by atomic mass is 9.98. The molecule has 2 heterocycles. The SMILES string of the molecule is CC1C=CC=C(N(c2ccc(-c3ccc(N(c4ccccc4)c4ccc5c6ccccc6n(-c6ccccc6)c5c4)cc3)cc2)c2ccc3c4ccccc4n(-c4ccccc4)c3c2)C1. The van der Waals surface area contributed by atoms with E-state index >= 15 is 0 Å². The Morgan fingerprint density at radius 3 is 1.28 bits per heavy atom. The van der Waals surface area contributed by atoms with Gasteiger partial charge in [-0.2, -0.15) is 0 Å².